The van der Waals surface area contributed by atoms with Gasteiger partial charge in [0.15, 0.2) is 5.69 Å². The molecule has 0 atom stereocenters. The summed E-state index contributed by atoms with van der Waals surface area (Å²) in [4.78, 5) is 29.7. The summed E-state index contributed by atoms with van der Waals surface area (Å²) < 4.78 is 5.09. The number of hydrogen-bond donors (Lipinski definition) is 3. The van der Waals surface area contributed by atoms with Gasteiger partial charge in [0.1, 0.15) is 11.4 Å². The number of anilines is 1. The summed E-state index contributed by atoms with van der Waals surface area (Å²) in [6.45, 7) is 6.34. The third-order valence-electron chi connectivity index (χ3n) is 2.18. The van der Waals surface area contributed by atoms with Crippen molar-refractivity contribution in [1.29, 1.82) is 0 Å². The van der Waals surface area contributed by atoms with Crippen LogP contribution in [0, 0.1) is 0 Å². The molecule has 116 valence electrons. The van der Waals surface area contributed by atoms with Gasteiger partial charge in [0.25, 0.3) is 0 Å². The molecule has 0 aromatic carbocycles. The third-order valence-corrected chi connectivity index (χ3v) is 2.18. The summed E-state index contributed by atoms with van der Waals surface area (Å²) in [7, 11) is 0. The quantitative estimate of drug-likeness (QED) is 0.682. The lowest BCUT2D eigenvalue weighted by Crippen LogP contribution is -2.33. The molecule has 1 heterocycles. The fraction of sp³-hybridized carbons (Fsp3) is 0.538. The Morgan fingerprint density at radius 1 is 1.29 bits per heavy atom. The Morgan fingerprint density at radius 3 is 2.62 bits per heavy atom. The number of nitrogens with zero attached hydrogens (tertiary/aromatic N) is 2. The molecule has 0 aliphatic heterocycles. The van der Waals surface area contributed by atoms with Gasteiger partial charge in [-0.2, -0.15) is 0 Å². The fourth-order valence-corrected chi connectivity index (χ4v) is 1.36. The van der Waals surface area contributed by atoms with Crippen molar-refractivity contribution in [2.75, 3.05) is 18.4 Å². The minimum atomic E-state index is -1.13. The van der Waals surface area contributed by atoms with Crippen LogP contribution in [0.2, 0.25) is 0 Å². The molecule has 0 fully saturated rings. The van der Waals surface area contributed by atoms with Crippen LogP contribution < -0.4 is 10.6 Å². The van der Waals surface area contributed by atoms with Crippen LogP contribution in [0.4, 0.5) is 10.6 Å². The van der Waals surface area contributed by atoms with Gasteiger partial charge in [-0.25, -0.2) is 14.6 Å². The number of aromatic nitrogens is 2. The van der Waals surface area contributed by atoms with E-state index in [0.717, 1.165) is 0 Å². The van der Waals surface area contributed by atoms with Crippen LogP contribution >= 0.6 is 0 Å². The highest BCUT2D eigenvalue weighted by atomic mass is 16.6. The van der Waals surface area contributed by atoms with Gasteiger partial charge in [0.05, 0.1) is 12.4 Å². The van der Waals surface area contributed by atoms with E-state index < -0.39 is 17.7 Å². The van der Waals surface area contributed by atoms with Gasteiger partial charge in [-0.05, 0) is 27.2 Å². The van der Waals surface area contributed by atoms with E-state index in [1.165, 1.54) is 12.4 Å². The first-order chi connectivity index (χ1) is 9.78. The number of aromatic carboxylic acids is 1. The number of ether oxygens (including phenoxy) is 1. The van der Waals surface area contributed by atoms with Crippen molar-refractivity contribution in [3.05, 3.63) is 18.1 Å². The standard InChI is InChI=1S/C13H20N4O4/c1-13(2,3)21-12(20)16-6-4-5-15-10-8-14-7-9(17-10)11(18)19/h7-8H,4-6H2,1-3H3,(H,15,17)(H,16,20)(H,18,19). The van der Waals surface area contributed by atoms with E-state index in [-0.39, 0.29) is 5.69 Å². The van der Waals surface area contributed by atoms with Crippen molar-refractivity contribution < 1.29 is 19.4 Å². The van der Waals surface area contributed by atoms with Crippen LogP contribution in [0.1, 0.15) is 37.7 Å². The first kappa shape index (κ1) is 16.7. The lowest BCUT2D eigenvalue weighted by molar-refractivity contribution is 0.0527. The smallest absolute Gasteiger partial charge is 0.407 e. The van der Waals surface area contributed by atoms with Gasteiger partial charge in [0, 0.05) is 13.1 Å². The summed E-state index contributed by atoms with van der Waals surface area (Å²) in [5.41, 5.74) is -0.637. The Kier molecular flexibility index (Phi) is 5.89. The predicted molar refractivity (Wildman–Crippen MR) is 76.3 cm³/mol. The maximum atomic E-state index is 11.4. The number of carbonyl (C=O) groups excluding carboxylic acids is 1. The molecule has 3 N–H and O–H groups in total. The van der Waals surface area contributed by atoms with Crippen molar-refractivity contribution in [2.45, 2.75) is 32.8 Å². The topological polar surface area (TPSA) is 113 Å². The Labute approximate surface area is 122 Å². The van der Waals surface area contributed by atoms with Crippen LogP contribution in [0.25, 0.3) is 0 Å². The highest BCUT2D eigenvalue weighted by molar-refractivity contribution is 5.85. The number of carboxylic acid groups (broad SMARTS) is 1. The van der Waals surface area contributed by atoms with E-state index in [0.29, 0.717) is 25.3 Å². The lowest BCUT2D eigenvalue weighted by Gasteiger charge is -2.19. The van der Waals surface area contributed by atoms with Gasteiger partial charge >= 0.3 is 12.1 Å². The maximum Gasteiger partial charge on any atom is 0.407 e. The molecule has 1 aromatic heterocycles. The molecule has 1 aromatic rings. The molecule has 8 heteroatoms. The second kappa shape index (κ2) is 7.41. The highest BCUT2D eigenvalue weighted by Crippen LogP contribution is 2.06. The van der Waals surface area contributed by atoms with Crippen molar-refractivity contribution in [1.82, 2.24) is 15.3 Å². The minimum Gasteiger partial charge on any atom is -0.476 e. The molecule has 0 unspecified atom stereocenters. The van der Waals surface area contributed by atoms with E-state index >= 15 is 0 Å². The zero-order valence-corrected chi connectivity index (χ0v) is 12.3. The first-order valence-electron chi connectivity index (χ1n) is 6.54. The number of amides is 1. The summed E-state index contributed by atoms with van der Waals surface area (Å²) in [5, 5.41) is 14.3. The Bertz CT molecular complexity index is 499. The van der Waals surface area contributed by atoms with E-state index in [1.54, 1.807) is 20.8 Å². The molecule has 0 aliphatic rings. The van der Waals surface area contributed by atoms with Crippen LogP contribution in [0.3, 0.4) is 0 Å². The molecule has 0 bridgehead atoms. The summed E-state index contributed by atoms with van der Waals surface area (Å²) >= 11 is 0. The largest absolute Gasteiger partial charge is 0.476 e. The van der Waals surface area contributed by atoms with E-state index in [1.807, 2.05) is 0 Å². The second-order valence-corrected chi connectivity index (χ2v) is 5.30. The van der Waals surface area contributed by atoms with Crippen LogP contribution in [0.15, 0.2) is 12.4 Å². The number of alkyl carbamates (subject to hydrolysis) is 1. The molecule has 1 rings (SSSR count). The average Bonchev–Trinajstić information content (AvgIpc) is 2.36. The Morgan fingerprint density at radius 2 is 2.00 bits per heavy atom. The van der Waals surface area contributed by atoms with Gasteiger partial charge in [0.2, 0.25) is 0 Å². The molecule has 8 nitrogen and oxygen atoms in total. The van der Waals surface area contributed by atoms with Gasteiger partial charge in [-0.15, -0.1) is 0 Å². The number of hydrogen-bond acceptors (Lipinski definition) is 6. The number of carbonyl (C=O) groups is 2. The SMILES string of the molecule is CC(C)(C)OC(=O)NCCCNc1cncc(C(=O)O)n1. The van der Waals surface area contributed by atoms with Gasteiger partial charge in [-0.3, -0.25) is 4.98 Å². The maximum absolute atomic E-state index is 11.4. The lowest BCUT2D eigenvalue weighted by atomic mass is 10.2. The van der Waals surface area contributed by atoms with Crippen molar-refractivity contribution >= 4 is 17.9 Å². The number of carboxylic acids is 1. The summed E-state index contributed by atoms with van der Waals surface area (Å²) in [5.74, 6) is -0.745. The monoisotopic (exact) mass is 296 g/mol. The molecular weight excluding hydrogens is 276 g/mol. The minimum absolute atomic E-state index is 0.119. The van der Waals surface area contributed by atoms with Crippen LogP contribution in [0.5, 0.6) is 0 Å². The Balaban J connectivity index is 2.24. The number of rotatable bonds is 6. The molecule has 0 aliphatic carbocycles. The molecule has 0 saturated carbocycles. The van der Waals surface area contributed by atoms with E-state index in [9.17, 15) is 9.59 Å². The molecule has 1 amide bonds. The first-order valence-corrected chi connectivity index (χ1v) is 6.54. The van der Waals surface area contributed by atoms with Gasteiger partial charge < -0.3 is 20.5 Å². The van der Waals surface area contributed by atoms with Crippen LogP contribution in [-0.2, 0) is 4.74 Å². The predicted octanol–water partition coefficient (Wildman–Crippen LogP) is 1.50. The number of nitrogens with one attached hydrogen (secondary N) is 2. The third kappa shape index (κ3) is 7.09. The normalized spacial score (nSPS) is 10.8. The van der Waals surface area contributed by atoms with E-state index in [4.69, 9.17) is 9.84 Å². The average molecular weight is 296 g/mol. The van der Waals surface area contributed by atoms with E-state index in [2.05, 4.69) is 20.6 Å². The molecule has 0 saturated heterocycles. The molecule has 0 radical (unpaired) electrons. The van der Waals surface area contributed by atoms with Crippen molar-refractivity contribution in [3.63, 3.8) is 0 Å². The zero-order valence-electron chi connectivity index (χ0n) is 12.3. The molecule has 0 spiro atoms. The fourth-order valence-electron chi connectivity index (χ4n) is 1.36. The summed E-state index contributed by atoms with van der Waals surface area (Å²) in [6.07, 6.45) is 2.79. The Hall–Kier alpha value is -2.38. The highest BCUT2D eigenvalue weighted by Gasteiger charge is 2.15. The molecule has 21 heavy (non-hydrogen) atoms. The summed E-state index contributed by atoms with van der Waals surface area (Å²) in [6, 6.07) is 0. The second-order valence-electron chi connectivity index (χ2n) is 5.30. The molecular formula is C13H20N4O4. The van der Waals surface area contributed by atoms with Crippen LogP contribution in [-0.4, -0.2) is 45.8 Å². The van der Waals surface area contributed by atoms with Gasteiger partial charge in [-0.1, -0.05) is 0 Å². The van der Waals surface area contributed by atoms with Crippen molar-refractivity contribution in [3.8, 4) is 0 Å². The zero-order chi connectivity index (χ0) is 15.9. The van der Waals surface area contributed by atoms with Crippen molar-refractivity contribution in [2.24, 2.45) is 0 Å².